The molecule has 1 fully saturated rings. The van der Waals surface area contributed by atoms with Crippen LogP contribution in [0.15, 0.2) is 18.2 Å². The Labute approximate surface area is 104 Å². The number of nitro groups is 1. The summed E-state index contributed by atoms with van der Waals surface area (Å²) in [6, 6.07) is 3.51. The first kappa shape index (κ1) is 12.3. The van der Waals surface area contributed by atoms with Crippen LogP contribution >= 0.6 is 0 Å². The molecule has 6 heteroatoms. The van der Waals surface area contributed by atoms with Gasteiger partial charge in [-0.15, -0.1) is 0 Å². The molecule has 1 saturated heterocycles. The number of phenols is 1. The molecule has 0 unspecified atom stereocenters. The molecule has 0 bridgehead atoms. The van der Waals surface area contributed by atoms with Crippen LogP contribution in [-0.4, -0.2) is 33.9 Å². The average molecular weight is 250 g/mol. The minimum absolute atomic E-state index is 0.170. The second-order valence-electron chi connectivity index (χ2n) is 4.35. The lowest BCUT2D eigenvalue weighted by Gasteiger charge is -2.26. The van der Waals surface area contributed by atoms with E-state index in [2.05, 4.69) is 0 Å². The van der Waals surface area contributed by atoms with Gasteiger partial charge in [0.1, 0.15) is 5.75 Å². The number of hydrogen-bond acceptors (Lipinski definition) is 4. The van der Waals surface area contributed by atoms with Crippen LogP contribution in [0.2, 0.25) is 0 Å². The molecular weight excluding hydrogens is 236 g/mol. The smallest absolute Gasteiger partial charge is 0.273 e. The van der Waals surface area contributed by atoms with Crippen LogP contribution in [0.5, 0.6) is 5.75 Å². The van der Waals surface area contributed by atoms with Gasteiger partial charge in [0.25, 0.3) is 11.6 Å². The van der Waals surface area contributed by atoms with Gasteiger partial charge in [-0.2, -0.15) is 0 Å². The Kier molecular flexibility index (Phi) is 3.45. The van der Waals surface area contributed by atoms with Gasteiger partial charge in [0.15, 0.2) is 0 Å². The highest BCUT2D eigenvalue weighted by atomic mass is 16.6. The number of benzene rings is 1. The maximum atomic E-state index is 12.1. The van der Waals surface area contributed by atoms with E-state index >= 15 is 0 Å². The summed E-state index contributed by atoms with van der Waals surface area (Å²) in [6.45, 7) is 1.34. The molecule has 2 rings (SSSR count). The lowest BCUT2D eigenvalue weighted by molar-refractivity contribution is -0.385. The van der Waals surface area contributed by atoms with Crippen molar-refractivity contribution in [1.82, 2.24) is 4.90 Å². The zero-order valence-corrected chi connectivity index (χ0v) is 9.83. The maximum absolute atomic E-state index is 12.1. The van der Waals surface area contributed by atoms with E-state index in [1.54, 1.807) is 4.90 Å². The Bertz CT molecular complexity index is 481. The Morgan fingerprint density at radius 1 is 1.22 bits per heavy atom. The lowest BCUT2D eigenvalue weighted by atomic mass is 10.1. The minimum atomic E-state index is -0.618. The van der Waals surface area contributed by atoms with Gasteiger partial charge in [0.2, 0.25) is 0 Å². The normalized spacial score (nSPS) is 15.4. The molecule has 1 aliphatic rings. The predicted octanol–water partition coefficient (Wildman–Crippen LogP) is 1.93. The fourth-order valence-electron chi connectivity index (χ4n) is 2.10. The molecule has 0 radical (unpaired) electrons. The second kappa shape index (κ2) is 5.03. The first-order chi connectivity index (χ1) is 8.58. The van der Waals surface area contributed by atoms with Crippen LogP contribution in [0.1, 0.15) is 29.6 Å². The van der Waals surface area contributed by atoms with Crippen molar-refractivity contribution < 1.29 is 14.8 Å². The van der Waals surface area contributed by atoms with E-state index in [0.29, 0.717) is 13.1 Å². The summed E-state index contributed by atoms with van der Waals surface area (Å²) in [7, 11) is 0. The van der Waals surface area contributed by atoms with Crippen LogP contribution in [0.4, 0.5) is 5.69 Å². The third-order valence-electron chi connectivity index (χ3n) is 3.00. The molecule has 1 amide bonds. The molecule has 0 aromatic heterocycles. The molecule has 6 nitrogen and oxygen atoms in total. The summed E-state index contributed by atoms with van der Waals surface area (Å²) in [5, 5.41) is 20.1. The monoisotopic (exact) mass is 250 g/mol. The number of phenolic OH excluding ortho intramolecular Hbond substituents is 1. The first-order valence-corrected chi connectivity index (χ1v) is 5.85. The lowest BCUT2D eigenvalue weighted by Crippen LogP contribution is -2.35. The Morgan fingerprint density at radius 2 is 1.89 bits per heavy atom. The molecule has 1 aliphatic heterocycles. The summed E-state index contributed by atoms with van der Waals surface area (Å²) in [6.07, 6.45) is 3.00. The molecule has 96 valence electrons. The molecule has 1 heterocycles. The summed E-state index contributed by atoms with van der Waals surface area (Å²) in [4.78, 5) is 23.8. The number of non-ortho nitro benzene ring substituents is 1. The average Bonchev–Trinajstić information content (AvgIpc) is 2.38. The molecular formula is C12H14N2O4. The number of nitrogens with zero attached hydrogens (tertiary/aromatic N) is 2. The van der Waals surface area contributed by atoms with Crippen molar-refractivity contribution in [3.8, 4) is 5.75 Å². The van der Waals surface area contributed by atoms with Crippen molar-refractivity contribution in [3.05, 3.63) is 33.9 Å². The standard InChI is InChI=1S/C12H14N2O4/c15-11-7-9(6-10(8-11)14(17)18)12(16)13-4-2-1-3-5-13/h6-8,15H,1-5H2. The second-order valence-corrected chi connectivity index (χ2v) is 4.35. The van der Waals surface area contributed by atoms with E-state index in [1.165, 1.54) is 12.1 Å². The van der Waals surface area contributed by atoms with E-state index in [0.717, 1.165) is 25.3 Å². The summed E-state index contributed by atoms with van der Waals surface area (Å²) < 4.78 is 0. The number of carbonyl (C=O) groups excluding carboxylic acids is 1. The van der Waals surface area contributed by atoms with Crippen molar-refractivity contribution in [2.75, 3.05) is 13.1 Å². The Hall–Kier alpha value is -2.11. The van der Waals surface area contributed by atoms with Crippen LogP contribution in [-0.2, 0) is 0 Å². The van der Waals surface area contributed by atoms with Crippen LogP contribution < -0.4 is 0 Å². The molecule has 1 aromatic carbocycles. The number of rotatable bonds is 2. The number of likely N-dealkylation sites (tertiary alicyclic amines) is 1. The van der Waals surface area contributed by atoms with Gasteiger partial charge in [-0.05, 0) is 25.3 Å². The zero-order valence-electron chi connectivity index (χ0n) is 9.83. The molecule has 1 aromatic rings. The van der Waals surface area contributed by atoms with Gasteiger partial charge < -0.3 is 10.0 Å². The molecule has 0 saturated carbocycles. The third kappa shape index (κ3) is 2.58. The maximum Gasteiger partial charge on any atom is 0.273 e. The Morgan fingerprint density at radius 3 is 2.50 bits per heavy atom. The number of aromatic hydroxyl groups is 1. The summed E-state index contributed by atoms with van der Waals surface area (Å²) in [5.41, 5.74) is -0.0982. The molecule has 18 heavy (non-hydrogen) atoms. The highest BCUT2D eigenvalue weighted by Gasteiger charge is 2.21. The summed E-state index contributed by atoms with van der Waals surface area (Å²) >= 11 is 0. The highest BCUT2D eigenvalue weighted by molar-refractivity contribution is 5.95. The summed E-state index contributed by atoms with van der Waals surface area (Å²) in [5.74, 6) is -0.516. The number of nitro benzene ring substituents is 1. The van der Waals surface area contributed by atoms with Crippen molar-refractivity contribution >= 4 is 11.6 Å². The van der Waals surface area contributed by atoms with E-state index < -0.39 is 4.92 Å². The topological polar surface area (TPSA) is 83.7 Å². The quantitative estimate of drug-likeness (QED) is 0.642. The van der Waals surface area contributed by atoms with Crippen molar-refractivity contribution in [1.29, 1.82) is 0 Å². The van der Waals surface area contributed by atoms with Crippen LogP contribution in [0.3, 0.4) is 0 Å². The third-order valence-corrected chi connectivity index (χ3v) is 3.00. The van der Waals surface area contributed by atoms with Gasteiger partial charge >= 0.3 is 0 Å². The van der Waals surface area contributed by atoms with Crippen molar-refractivity contribution in [3.63, 3.8) is 0 Å². The number of hydrogen-bond donors (Lipinski definition) is 1. The van der Waals surface area contributed by atoms with Gasteiger partial charge in [0.05, 0.1) is 16.6 Å². The molecule has 0 spiro atoms. The van der Waals surface area contributed by atoms with Crippen molar-refractivity contribution in [2.24, 2.45) is 0 Å². The predicted molar refractivity (Wildman–Crippen MR) is 64.5 cm³/mol. The van der Waals surface area contributed by atoms with E-state index in [-0.39, 0.29) is 22.9 Å². The van der Waals surface area contributed by atoms with E-state index in [4.69, 9.17) is 0 Å². The first-order valence-electron chi connectivity index (χ1n) is 5.85. The fraction of sp³-hybridized carbons (Fsp3) is 0.417. The number of piperidine rings is 1. The van der Waals surface area contributed by atoms with Gasteiger partial charge in [-0.3, -0.25) is 14.9 Å². The number of carbonyl (C=O) groups is 1. The zero-order chi connectivity index (χ0) is 13.1. The molecule has 0 atom stereocenters. The minimum Gasteiger partial charge on any atom is -0.508 e. The number of amides is 1. The van der Waals surface area contributed by atoms with E-state index in [9.17, 15) is 20.0 Å². The van der Waals surface area contributed by atoms with Gasteiger partial charge in [0, 0.05) is 19.2 Å². The van der Waals surface area contributed by atoms with Gasteiger partial charge in [-0.1, -0.05) is 0 Å². The fourth-order valence-corrected chi connectivity index (χ4v) is 2.10. The molecule has 1 N–H and O–H groups in total. The van der Waals surface area contributed by atoms with Gasteiger partial charge in [-0.25, -0.2) is 0 Å². The Balaban J connectivity index is 2.26. The van der Waals surface area contributed by atoms with Crippen molar-refractivity contribution in [2.45, 2.75) is 19.3 Å². The SMILES string of the molecule is O=C(c1cc(O)cc([N+](=O)[O-])c1)N1CCCCC1. The van der Waals surface area contributed by atoms with Crippen LogP contribution in [0, 0.1) is 10.1 Å². The van der Waals surface area contributed by atoms with Crippen LogP contribution in [0.25, 0.3) is 0 Å². The molecule has 0 aliphatic carbocycles. The largest absolute Gasteiger partial charge is 0.508 e. The van der Waals surface area contributed by atoms with E-state index in [1.807, 2.05) is 0 Å². The highest BCUT2D eigenvalue weighted by Crippen LogP contribution is 2.23.